The summed E-state index contributed by atoms with van der Waals surface area (Å²) in [7, 11) is 1.98. The van der Waals surface area contributed by atoms with E-state index in [4.69, 9.17) is 0 Å². The molecule has 0 aromatic carbocycles. The van der Waals surface area contributed by atoms with Gasteiger partial charge in [0.2, 0.25) is 0 Å². The minimum absolute atomic E-state index is 0.113. The first-order valence-electron chi connectivity index (χ1n) is 5.73. The van der Waals surface area contributed by atoms with Gasteiger partial charge in [0.1, 0.15) is 12.1 Å². The van der Waals surface area contributed by atoms with Crippen molar-refractivity contribution in [3.63, 3.8) is 0 Å². The Morgan fingerprint density at radius 2 is 2.12 bits per heavy atom. The van der Waals surface area contributed by atoms with Crippen LogP contribution in [0, 0.1) is 0 Å². The first kappa shape index (κ1) is 11.3. The molecule has 0 fully saturated rings. The smallest absolute Gasteiger partial charge is 0.135 e. The fourth-order valence-corrected chi connectivity index (χ4v) is 2.02. The average Bonchev–Trinajstić information content (AvgIpc) is 2.75. The van der Waals surface area contributed by atoms with Gasteiger partial charge < -0.3 is 10.0 Å². The molecule has 1 N–H and O–H groups in total. The van der Waals surface area contributed by atoms with Gasteiger partial charge in [-0.15, -0.1) is 0 Å². The van der Waals surface area contributed by atoms with Crippen LogP contribution in [0.5, 0.6) is 0 Å². The van der Waals surface area contributed by atoms with Gasteiger partial charge in [0, 0.05) is 18.3 Å². The molecule has 0 amide bonds. The maximum atomic E-state index is 9.39. The van der Waals surface area contributed by atoms with E-state index in [1.807, 2.05) is 20.9 Å². The molecule has 1 heterocycles. The summed E-state index contributed by atoms with van der Waals surface area (Å²) >= 11 is 0. The van der Waals surface area contributed by atoms with E-state index < -0.39 is 0 Å². The molecule has 0 unspecified atom stereocenters. The first-order valence-corrected chi connectivity index (χ1v) is 5.73. The molecular weight excluding hydrogens is 202 g/mol. The number of rotatable bonds is 3. The van der Waals surface area contributed by atoms with E-state index >= 15 is 0 Å². The number of hydrogen-bond donors (Lipinski definition) is 1. The molecule has 0 bridgehead atoms. The van der Waals surface area contributed by atoms with Crippen molar-refractivity contribution in [2.75, 3.05) is 18.6 Å². The first-order chi connectivity index (χ1) is 7.56. The van der Waals surface area contributed by atoms with E-state index in [9.17, 15) is 5.11 Å². The number of aromatic nitrogens is 2. The van der Waals surface area contributed by atoms with Crippen LogP contribution in [0.4, 0.5) is 5.82 Å². The fourth-order valence-electron chi connectivity index (χ4n) is 2.02. The van der Waals surface area contributed by atoms with E-state index in [-0.39, 0.29) is 12.1 Å². The zero-order valence-electron chi connectivity index (χ0n) is 10.2. The van der Waals surface area contributed by atoms with E-state index in [1.165, 1.54) is 11.3 Å². The van der Waals surface area contributed by atoms with Gasteiger partial charge in [-0.3, -0.25) is 0 Å². The summed E-state index contributed by atoms with van der Waals surface area (Å²) in [6, 6.07) is 0. The van der Waals surface area contributed by atoms with Gasteiger partial charge in [0.25, 0.3) is 0 Å². The second-order valence-corrected chi connectivity index (χ2v) is 5.01. The number of nitrogens with zero attached hydrogens (tertiary/aromatic N) is 3. The van der Waals surface area contributed by atoms with E-state index in [2.05, 4.69) is 14.9 Å². The summed E-state index contributed by atoms with van der Waals surface area (Å²) in [6.45, 7) is 4.13. The predicted octanol–water partition coefficient (Wildman–Crippen LogP) is 1.17. The second-order valence-electron chi connectivity index (χ2n) is 5.01. The Hall–Kier alpha value is -1.16. The molecule has 0 saturated heterocycles. The molecule has 1 aromatic rings. The van der Waals surface area contributed by atoms with Crippen LogP contribution in [-0.2, 0) is 12.8 Å². The minimum Gasteiger partial charge on any atom is -0.394 e. The zero-order chi connectivity index (χ0) is 11.8. The Morgan fingerprint density at radius 1 is 1.38 bits per heavy atom. The fraction of sp³-hybridized carbons (Fsp3) is 0.667. The summed E-state index contributed by atoms with van der Waals surface area (Å²) in [6.07, 6.45) is 4.90. The molecule has 1 aromatic heterocycles. The van der Waals surface area contributed by atoms with Crippen LogP contribution >= 0.6 is 0 Å². The highest BCUT2D eigenvalue weighted by Crippen LogP contribution is 2.30. The van der Waals surface area contributed by atoms with Crippen molar-refractivity contribution in [1.29, 1.82) is 0 Å². The zero-order valence-corrected chi connectivity index (χ0v) is 10.2. The Balaban J connectivity index is 2.38. The molecule has 0 saturated carbocycles. The van der Waals surface area contributed by atoms with E-state index in [0.717, 1.165) is 25.1 Å². The average molecular weight is 221 g/mol. The SMILES string of the molecule is CN(c1ncnc2c1CCC2)C(C)(C)CO. The highest BCUT2D eigenvalue weighted by Gasteiger charge is 2.28. The Bertz CT molecular complexity index is 390. The molecule has 0 atom stereocenters. The number of aliphatic hydroxyl groups excluding tert-OH is 1. The third kappa shape index (κ3) is 1.78. The molecule has 1 aliphatic rings. The standard InChI is InChI=1S/C12H19N3O/c1-12(2,7-16)15(3)11-9-5-4-6-10(9)13-8-14-11/h8,16H,4-7H2,1-3H3. The van der Waals surface area contributed by atoms with Crippen molar-refractivity contribution in [2.24, 2.45) is 0 Å². The second kappa shape index (κ2) is 4.01. The lowest BCUT2D eigenvalue weighted by Gasteiger charge is -2.35. The van der Waals surface area contributed by atoms with Gasteiger partial charge in [-0.05, 0) is 33.1 Å². The quantitative estimate of drug-likeness (QED) is 0.832. The highest BCUT2D eigenvalue weighted by atomic mass is 16.3. The number of fused-ring (bicyclic) bond motifs is 1. The molecule has 1 aliphatic carbocycles. The lowest BCUT2D eigenvalue weighted by Crippen LogP contribution is -2.45. The monoisotopic (exact) mass is 221 g/mol. The number of aliphatic hydroxyl groups is 1. The number of anilines is 1. The summed E-state index contributed by atoms with van der Waals surface area (Å²) in [5.74, 6) is 0.974. The van der Waals surface area contributed by atoms with Gasteiger partial charge in [0.15, 0.2) is 0 Å². The molecule has 4 nitrogen and oxygen atoms in total. The number of aryl methyl sites for hydroxylation is 1. The van der Waals surface area contributed by atoms with Gasteiger partial charge in [0.05, 0.1) is 12.1 Å². The summed E-state index contributed by atoms with van der Waals surface area (Å²) in [5, 5.41) is 9.39. The van der Waals surface area contributed by atoms with Gasteiger partial charge in [-0.1, -0.05) is 0 Å². The van der Waals surface area contributed by atoms with E-state index in [1.54, 1.807) is 6.33 Å². The maximum Gasteiger partial charge on any atom is 0.135 e. The number of hydrogen-bond acceptors (Lipinski definition) is 4. The normalized spacial score (nSPS) is 15.0. The van der Waals surface area contributed by atoms with Crippen molar-refractivity contribution >= 4 is 5.82 Å². The molecule has 0 spiro atoms. The maximum absolute atomic E-state index is 9.39. The van der Waals surface area contributed by atoms with Gasteiger partial charge in [-0.25, -0.2) is 9.97 Å². The molecule has 88 valence electrons. The molecule has 16 heavy (non-hydrogen) atoms. The van der Waals surface area contributed by atoms with Crippen molar-refractivity contribution in [3.05, 3.63) is 17.6 Å². The van der Waals surface area contributed by atoms with E-state index in [0.29, 0.717) is 0 Å². The minimum atomic E-state index is -0.287. The molecule has 0 radical (unpaired) electrons. The lowest BCUT2D eigenvalue weighted by atomic mass is 10.0. The predicted molar refractivity (Wildman–Crippen MR) is 63.6 cm³/mol. The summed E-state index contributed by atoms with van der Waals surface area (Å²) in [5.41, 5.74) is 2.14. The van der Waals surface area contributed by atoms with Gasteiger partial charge >= 0.3 is 0 Å². The summed E-state index contributed by atoms with van der Waals surface area (Å²) < 4.78 is 0. The topological polar surface area (TPSA) is 49.2 Å². The van der Waals surface area contributed by atoms with Crippen LogP contribution in [-0.4, -0.2) is 34.3 Å². The largest absolute Gasteiger partial charge is 0.394 e. The van der Waals surface area contributed by atoms with Crippen molar-refractivity contribution < 1.29 is 5.11 Å². The molecule has 4 heteroatoms. The Morgan fingerprint density at radius 3 is 2.81 bits per heavy atom. The highest BCUT2D eigenvalue weighted by molar-refractivity contribution is 5.51. The Labute approximate surface area is 96.3 Å². The van der Waals surface area contributed by atoms with Crippen LogP contribution in [0.15, 0.2) is 6.33 Å². The Kier molecular flexibility index (Phi) is 2.84. The van der Waals surface area contributed by atoms with Gasteiger partial charge in [-0.2, -0.15) is 0 Å². The van der Waals surface area contributed by atoms with Crippen molar-refractivity contribution in [3.8, 4) is 0 Å². The van der Waals surface area contributed by atoms with Crippen molar-refractivity contribution in [1.82, 2.24) is 9.97 Å². The van der Waals surface area contributed by atoms with Crippen LogP contribution < -0.4 is 4.90 Å². The van der Waals surface area contributed by atoms with Crippen LogP contribution in [0.3, 0.4) is 0 Å². The van der Waals surface area contributed by atoms with Crippen molar-refractivity contribution in [2.45, 2.75) is 38.6 Å². The van der Waals surface area contributed by atoms with Crippen LogP contribution in [0.25, 0.3) is 0 Å². The molecule has 0 aliphatic heterocycles. The van der Waals surface area contributed by atoms with Crippen LogP contribution in [0.1, 0.15) is 31.5 Å². The molecule has 2 rings (SSSR count). The third-order valence-corrected chi connectivity index (χ3v) is 3.46. The third-order valence-electron chi connectivity index (χ3n) is 3.46. The lowest BCUT2D eigenvalue weighted by molar-refractivity contribution is 0.215. The molecular formula is C12H19N3O. The summed E-state index contributed by atoms with van der Waals surface area (Å²) in [4.78, 5) is 10.7. The van der Waals surface area contributed by atoms with Crippen LogP contribution in [0.2, 0.25) is 0 Å². The number of likely N-dealkylation sites (N-methyl/N-ethyl adjacent to an activating group) is 1.